The van der Waals surface area contributed by atoms with Crippen molar-refractivity contribution in [2.75, 3.05) is 0 Å². The van der Waals surface area contributed by atoms with Crippen LogP contribution in [0.3, 0.4) is 0 Å². The van der Waals surface area contributed by atoms with Crippen LogP contribution in [-0.2, 0) is 6.18 Å². The highest BCUT2D eigenvalue weighted by Gasteiger charge is 2.30. The maximum Gasteiger partial charge on any atom is 0.416 e. The first kappa shape index (κ1) is 14.4. The minimum absolute atomic E-state index is 0.575. The van der Waals surface area contributed by atoms with Gasteiger partial charge >= 0.3 is 6.18 Å². The smallest absolute Gasteiger partial charge is 0.388 e. The number of halogens is 3. The Hall–Kier alpha value is -1.03. The largest absolute Gasteiger partial charge is 0.416 e. The van der Waals surface area contributed by atoms with Gasteiger partial charge in [0.05, 0.1) is 11.7 Å². The van der Waals surface area contributed by atoms with E-state index in [4.69, 9.17) is 0 Å². The number of rotatable bonds is 4. The topological polar surface area (TPSA) is 20.2 Å². The molecule has 1 aromatic rings. The molecule has 0 aromatic heterocycles. The predicted molar refractivity (Wildman–Crippen MR) is 67.6 cm³/mol. The molecule has 1 unspecified atom stereocenters. The lowest BCUT2D eigenvalue weighted by atomic mass is 9.96. The maximum absolute atomic E-state index is 12.4. The molecule has 1 N–H and O–H groups in total. The van der Waals surface area contributed by atoms with Gasteiger partial charge in [-0.05, 0) is 36.5 Å². The third-order valence-corrected chi connectivity index (χ3v) is 3.95. The zero-order chi connectivity index (χ0) is 13.9. The van der Waals surface area contributed by atoms with Crippen molar-refractivity contribution in [1.29, 1.82) is 0 Å². The first-order valence-corrected chi connectivity index (χ1v) is 6.82. The van der Waals surface area contributed by atoms with Gasteiger partial charge in [-0.1, -0.05) is 37.8 Å². The van der Waals surface area contributed by atoms with Gasteiger partial charge in [0.15, 0.2) is 0 Å². The molecule has 1 nitrogen and oxygen atoms in total. The summed E-state index contributed by atoms with van der Waals surface area (Å²) in [7, 11) is 0. The van der Waals surface area contributed by atoms with E-state index in [9.17, 15) is 18.3 Å². The van der Waals surface area contributed by atoms with Crippen LogP contribution in [0.2, 0.25) is 0 Å². The van der Waals surface area contributed by atoms with Gasteiger partial charge in [0.2, 0.25) is 0 Å². The highest BCUT2D eigenvalue weighted by molar-refractivity contribution is 5.25. The van der Waals surface area contributed by atoms with E-state index in [1.807, 2.05) is 0 Å². The Morgan fingerprint density at radius 2 is 1.68 bits per heavy atom. The summed E-state index contributed by atoms with van der Waals surface area (Å²) < 4.78 is 37.2. The Morgan fingerprint density at radius 1 is 1.11 bits per heavy atom. The second-order valence-corrected chi connectivity index (χ2v) is 5.36. The lowest BCUT2D eigenvalue weighted by molar-refractivity contribution is -0.137. The molecule has 1 aromatic carbocycles. The molecule has 106 valence electrons. The van der Waals surface area contributed by atoms with Crippen LogP contribution in [0, 0.1) is 5.92 Å². The molecule has 1 aliphatic rings. The molecule has 19 heavy (non-hydrogen) atoms. The number of hydrogen-bond acceptors (Lipinski definition) is 1. The summed E-state index contributed by atoms with van der Waals surface area (Å²) in [6, 6.07) is 4.83. The van der Waals surface area contributed by atoms with E-state index in [-0.39, 0.29) is 0 Å². The lowest BCUT2D eigenvalue weighted by Gasteiger charge is -2.15. The minimum atomic E-state index is -4.31. The first-order chi connectivity index (χ1) is 8.97. The molecule has 1 saturated carbocycles. The molecular formula is C15H19F3O. The van der Waals surface area contributed by atoms with Crippen LogP contribution < -0.4 is 0 Å². The number of alkyl halides is 3. The van der Waals surface area contributed by atoms with Gasteiger partial charge < -0.3 is 5.11 Å². The molecule has 0 radical (unpaired) electrons. The molecular weight excluding hydrogens is 253 g/mol. The van der Waals surface area contributed by atoms with E-state index >= 15 is 0 Å². The molecule has 0 aliphatic heterocycles. The zero-order valence-electron chi connectivity index (χ0n) is 10.8. The van der Waals surface area contributed by atoms with Crippen LogP contribution in [0.25, 0.3) is 0 Å². The summed E-state index contributed by atoms with van der Waals surface area (Å²) in [6.45, 7) is 0. The molecule has 0 saturated heterocycles. The maximum atomic E-state index is 12.4. The van der Waals surface area contributed by atoms with E-state index < -0.39 is 17.8 Å². The van der Waals surface area contributed by atoms with Gasteiger partial charge in [-0.3, -0.25) is 0 Å². The number of hydrogen-bond donors (Lipinski definition) is 1. The number of benzene rings is 1. The van der Waals surface area contributed by atoms with Crippen LogP contribution in [0.15, 0.2) is 24.3 Å². The number of aliphatic hydroxyl groups excluding tert-OH is 1. The van der Waals surface area contributed by atoms with Crippen LogP contribution in [0.4, 0.5) is 13.2 Å². The molecule has 1 atom stereocenters. The molecule has 0 amide bonds. The SMILES string of the molecule is OC(CCC1CCCC1)c1ccc(C(F)(F)F)cc1. The van der Waals surface area contributed by atoms with Gasteiger partial charge in [-0.2, -0.15) is 13.2 Å². The Bertz CT molecular complexity index is 391. The molecule has 0 spiro atoms. The van der Waals surface area contributed by atoms with Crippen molar-refractivity contribution in [2.45, 2.75) is 50.8 Å². The van der Waals surface area contributed by atoms with E-state index in [2.05, 4.69) is 0 Å². The quantitative estimate of drug-likeness (QED) is 0.841. The van der Waals surface area contributed by atoms with Crippen molar-refractivity contribution in [3.8, 4) is 0 Å². The Morgan fingerprint density at radius 3 is 2.21 bits per heavy atom. The van der Waals surface area contributed by atoms with Crippen LogP contribution in [-0.4, -0.2) is 5.11 Å². The predicted octanol–water partition coefficient (Wildman–Crippen LogP) is 4.71. The van der Waals surface area contributed by atoms with Crippen LogP contribution in [0.1, 0.15) is 55.8 Å². The Kier molecular flexibility index (Phi) is 4.50. The van der Waals surface area contributed by atoms with Crippen LogP contribution in [0.5, 0.6) is 0 Å². The summed E-state index contributed by atoms with van der Waals surface area (Å²) in [6.07, 6.45) is 1.61. The molecule has 4 heteroatoms. The summed E-state index contributed by atoms with van der Waals surface area (Å²) in [5.74, 6) is 0.684. The van der Waals surface area contributed by atoms with E-state index in [0.717, 1.165) is 18.6 Å². The first-order valence-electron chi connectivity index (χ1n) is 6.82. The average molecular weight is 272 g/mol. The van der Waals surface area contributed by atoms with Crippen LogP contribution >= 0.6 is 0 Å². The fourth-order valence-electron chi connectivity index (χ4n) is 2.75. The molecule has 0 heterocycles. The van der Waals surface area contributed by atoms with E-state index in [1.165, 1.54) is 37.8 Å². The van der Waals surface area contributed by atoms with Gasteiger partial charge in [0, 0.05) is 0 Å². The highest BCUT2D eigenvalue weighted by Crippen LogP contribution is 2.33. The zero-order valence-corrected chi connectivity index (χ0v) is 10.8. The second kappa shape index (κ2) is 5.95. The van der Waals surface area contributed by atoms with E-state index in [1.54, 1.807) is 0 Å². The summed E-state index contributed by atoms with van der Waals surface area (Å²) >= 11 is 0. The second-order valence-electron chi connectivity index (χ2n) is 5.36. The van der Waals surface area contributed by atoms with Gasteiger partial charge in [-0.25, -0.2) is 0 Å². The average Bonchev–Trinajstić information content (AvgIpc) is 2.88. The molecule has 0 bridgehead atoms. The Balaban J connectivity index is 1.89. The van der Waals surface area contributed by atoms with E-state index in [0.29, 0.717) is 17.9 Å². The van der Waals surface area contributed by atoms with Crippen molar-refractivity contribution in [3.05, 3.63) is 35.4 Å². The van der Waals surface area contributed by atoms with Gasteiger partial charge in [0.25, 0.3) is 0 Å². The fraction of sp³-hybridized carbons (Fsp3) is 0.600. The monoisotopic (exact) mass is 272 g/mol. The molecule has 2 rings (SSSR count). The summed E-state index contributed by atoms with van der Waals surface area (Å²) in [4.78, 5) is 0. The minimum Gasteiger partial charge on any atom is -0.388 e. The Labute approximate surface area is 111 Å². The van der Waals surface area contributed by atoms with Crippen molar-refractivity contribution < 1.29 is 18.3 Å². The third kappa shape index (κ3) is 3.96. The molecule has 1 aliphatic carbocycles. The summed E-state index contributed by atoms with van der Waals surface area (Å²) in [5, 5.41) is 9.99. The number of aliphatic hydroxyl groups is 1. The lowest BCUT2D eigenvalue weighted by Crippen LogP contribution is -2.06. The van der Waals surface area contributed by atoms with Gasteiger partial charge in [-0.15, -0.1) is 0 Å². The van der Waals surface area contributed by atoms with Crippen molar-refractivity contribution >= 4 is 0 Å². The van der Waals surface area contributed by atoms with Gasteiger partial charge in [0.1, 0.15) is 0 Å². The van der Waals surface area contributed by atoms with Crippen molar-refractivity contribution in [1.82, 2.24) is 0 Å². The summed E-state index contributed by atoms with van der Waals surface area (Å²) in [5.41, 5.74) is -0.0924. The van der Waals surface area contributed by atoms with Crippen molar-refractivity contribution in [2.24, 2.45) is 5.92 Å². The highest BCUT2D eigenvalue weighted by atomic mass is 19.4. The third-order valence-electron chi connectivity index (χ3n) is 3.95. The fourth-order valence-corrected chi connectivity index (χ4v) is 2.75. The standard InChI is InChI=1S/C15H19F3O/c16-15(17,18)13-8-6-12(7-9-13)14(19)10-5-11-3-1-2-4-11/h6-9,11,14,19H,1-5,10H2. The van der Waals surface area contributed by atoms with Crippen molar-refractivity contribution in [3.63, 3.8) is 0 Å². The normalized spacial score (nSPS) is 18.7. The molecule has 1 fully saturated rings.